The van der Waals surface area contributed by atoms with E-state index in [-0.39, 0.29) is 0 Å². The zero-order chi connectivity index (χ0) is 12.4. The van der Waals surface area contributed by atoms with Gasteiger partial charge in [-0.15, -0.1) is 0 Å². The summed E-state index contributed by atoms with van der Waals surface area (Å²) in [5.41, 5.74) is 0. The predicted octanol–water partition coefficient (Wildman–Crippen LogP) is 4.39. The van der Waals surface area contributed by atoms with Gasteiger partial charge in [0.1, 0.15) is 5.76 Å². The first-order valence-corrected chi connectivity index (χ1v) is 6.33. The SMILES string of the molecule is CC.CCCCCOc1cc(C(C)C)on1. The lowest BCUT2D eigenvalue weighted by molar-refractivity contribution is 0.267. The third-order valence-electron chi connectivity index (χ3n) is 2.07. The Balaban J connectivity index is 0.00000106. The van der Waals surface area contributed by atoms with Gasteiger partial charge >= 0.3 is 0 Å². The van der Waals surface area contributed by atoms with E-state index >= 15 is 0 Å². The largest absolute Gasteiger partial charge is 0.476 e. The lowest BCUT2D eigenvalue weighted by atomic mass is 10.2. The minimum atomic E-state index is 0.371. The van der Waals surface area contributed by atoms with Gasteiger partial charge in [0, 0.05) is 12.0 Å². The summed E-state index contributed by atoms with van der Waals surface area (Å²) in [7, 11) is 0. The number of ether oxygens (including phenoxy) is 1. The molecular formula is C13H25NO2. The summed E-state index contributed by atoms with van der Waals surface area (Å²) >= 11 is 0. The van der Waals surface area contributed by atoms with Gasteiger partial charge in [0.25, 0.3) is 5.88 Å². The van der Waals surface area contributed by atoms with Crippen molar-refractivity contribution in [2.45, 2.75) is 59.8 Å². The van der Waals surface area contributed by atoms with Crippen molar-refractivity contribution < 1.29 is 9.26 Å². The molecule has 1 aromatic heterocycles. The third-order valence-corrected chi connectivity index (χ3v) is 2.07. The van der Waals surface area contributed by atoms with Crippen LogP contribution in [-0.4, -0.2) is 11.8 Å². The van der Waals surface area contributed by atoms with Crippen molar-refractivity contribution in [1.29, 1.82) is 0 Å². The van der Waals surface area contributed by atoms with E-state index in [2.05, 4.69) is 25.9 Å². The molecule has 0 fully saturated rings. The normalized spacial score (nSPS) is 9.88. The van der Waals surface area contributed by atoms with Crippen LogP contribution in [0.1, 0.15) is 65.6 Å². The second kappa shape index (κ2) is 9.25. The highest BCUT2D eigenvalue weighted by atomic mass is 16.5. The molecule has 3 nitrogen and oxygen atoms in total. The molecule has 0 radical (unpaired) electrons. The maximum Gasteiger partial charge on any atom is 0.254 e. The molecule has 0 bridgehead atoms. The van der Waals surface area contributed by atoms with Gasteiger partial charge in [-0.25, -0.2) is 0 Å². The van der Waals surface area contributed by atoms with Crippen LogP contribution in [0.5, 0.6) is 5.88 Å². The van der Waals surface area contributed by atoms with E-state index in [4.69, 9.17) is 9.26 Å². The molecule has 0 aromatic carbocycles. The van der Waals surface area contributed by atoms with Crippen LogP contribution in [-0.2, 0) is 0 Å². The van der Waals surface area contributed by atoms with Crippen LogP contribution < -0.4 is 4.74 Å². The Morgan fingerprint density at radius 2 is 2.00 bits per heavy atom. The first kappa shape index (κ1) is 15.0. The molecule has 0 unspecified atom stereocenters. The molecule has 1 rings (SSSR count). The summed E-state index contributed by atoms with van der Waals surface area (Å²) in [5, 5.41) is 3.84. The van der Waals surface area contributed by atoms with Crippen LogP contribution in [0.2, 0.25) is 0 Å². The van der Waals surface area contributed by atoms with Gasteiger partial charge in [-0.05, 0) is 11.6 Å². The van der Waals surface area contributed by atoms with Crippen LogP contribution in [0.3, 0.4) is 0 Å². The van der Waals surface area contributed by atoms with E-state index in [9.17, 15) is 0 Å². The molecule has 94 valence electrons. The van der Waals surface area contributed by atoms with E-state index in [1.807, 2.05) is 19.9 Å². The minimum Gasteiger partial charge on any atom is -0.476 e. The molecule has 0 aliphatic rings. The Labute approximate surface area is 99.2 Å². The van der Waals surface area contributed by atoms with Crippen LogP contribution in [0.15, 0.2) is 10.6 Å². The summed E-state index contributed by atoms with van der Waals surface area (Å²) in [5.74, 6) is 1.87. The van der Waals surface area contributed by atoms with Crippen LogP contribution in [0.4, 0.5) is 0 Å². The number of hydrogen-bond acceptors (Lipinski definition) is 3. The second-order valence-electron chi connectivity index (χ2n) is 3.78. The molecule has 0 aliphatic carbocycles. The molecule has 3 heteroatoms. The van der Waals surface area contributed by atoms with Gasteiger partial charge < -0.3 is 9.26 Å². The highest BCUT2D eigenvalue weighted by molar-refractivity contribution is 5.13. The van der Waals surface area contributed by atoms with E-state index in [1.54, 1.807) is 0 Å². The second-order valence-corrected chi connectivity index (χ2v) is 3.78. The number of unbranched alkanes of at least 4 members (excludes halogenated alkanes) is 2. The van der Waals surface area contributed by atoms with Gasteiger partial charge in [0.05, 0.1) is 6.61 Å². The van der Waals surface area contributed by atoms with E-state index in [0.29, 0.717) is 11.8 Å². The Bertz CT molecular complexity index is 256. The molecule has 0 atom stereocenters. The monoisotopic (exact) mass is 227 g/mol. The van der Waals surface area contributed by atoms with E-state index in [0.717, 1.165) is 18.8 Å². The van der Waals surface area contributed by atoms with Crippen molar-refractivity contribution in [3.05, 3.63) is 11.8 Å². The number of rotatable bonds is 6. The zero-order valence-electron chi connectivity index (χ0n) is 11.2. The summed E-state index contributed by atoms with van der Waals surface area (Å²) < 4.78 is 10.5. The van der Waals surface area contributed by atoms with Gasteiger partial charge in [-0.1, -0.05) is 47.5 Å². The highest BCUT2D eigenvalue weighted by Gasteiger charge is 2.07. The molecule has 0 N–H and O–H groups in total. The lowest BCUT2D eigenvalue weighted by Gasteiger charge is -1.99. The lowest BCUT2D eigenvalue weighted by Crippen LogP contribution is -1.96. The van der Waals surface area contributed by atoms with Crippen molar-refractivity contribution in [2.75, 3.05) is 6.61 Å². The zero-order valence-corrected chi connectivity index (χ0v) is 11.2. The molecule has 0 spiro atoms. The highest BCUT2D eigenvalue weighted by Crippen LogP contribution is 2.19. The van der Waals surface area contributed by atoms with Crippen LogP contribution in [0.25, 0.3) is 0 Å². The quantitative estimate of drug-likeness (QED) is 0.676. The van der Waals surface area contributed by atoms with Gasteiger partial charge in [0.2, 0.25) is 0 Å². The number of nitrogens with zero attached hydrogens (tertiary/aromatic N) is 1. The molecule has 16 heavy (non-hydrogen) atoms. The maximum absolute atomic E-state index is 5.43. The summed E-state index contributed by atoms with van der Waals surface area (Å²) in [6.07, 6.45) is 3.49. The van der Waals surface area contributed by atoms with Crippen molar-refractivity contribution in [3.8, 4) is 5.88 Å². The van der Waals surface area contributed by atoms with Crippen molar-refractivity contribution in [3.63, 3.8) is 0 Å². The van der Waals surface area contributed by atoms with Crippen LogP contribution in [0, 0.1) is 0 Å². The van der Waals surface area contributed by atoms with E-state index < -0.39 is 0 Å². The fourth-order valence-electron chi connectivity index (χ4n) is 1.14. The average molecular weight is 227 g/mol. The molecule has 1 heterocycles. The molecule has 0 saturated carbocycles. The number of aromatic nitrogens is 1. The topological polar surface area (TPSA) is 35.3 Å². The fraction of sp³-hybridized carbons (Fsp3) is 0.769. The van der Waals surface area contributed by atoms with Crippen molar-refractivity contribution in [2.24, 2.45) is 0 Å². The standard InChI is InChI=1S/C11H19NO2.C2H6/c1-4-5-6-7-13-11-8-10(9(2)3)14-12-11;1-2/h8-9H,4-7H2,1-3H3;1-2H3. The van der Waals surface area contributed by atoms with Crippen molar-refractivity contribution >= 4 is 0 Å². The van der Waals surface area contributed by atoms with Gasteiger partial charge in [-0.3, -0.25) is 0 Å². The molecule has 0 saturated heterocycles. The maximum atomic E-state index is 5.43. The van der Waals surface area contributed by atoms with Crippen LogP contribution >= 0.6 is 0 Å². The summed E-state index contributed by atoms with van der Waals surface area (Å²) in [6, 6.07) is 1.87. The van der Waals surface area contributed by atoms with Gasteiger partial charge in [0.15, 0.2) is 0 Å². The summed E-state index contributed by atoms with van der Waals surface area (Å²) in [6.45, 7) is 11.0. The number of hydrogen-bond donors (Lipinski definition) is 0. The molecular weight excluding hydrogens is 202 g/mol. The van der Waals surface area contributed by atoms with Crippen molar-refractivity contribution in [1.82, 2.24) is 5.16 Å². The molecule has 1 aromatic rings. The smallest absolute Gasteiger partial charge is 0.254 e. The third kappa shape index (κ3) is 5.79. The Morgan fingerprint density at radius 1 is 1.31 bits per heavy atom. The minimum absolute atomic E-state index is 0.371. The molecule has 0 amide bonds. The first-order valence-electron chi connectivity index (χ1n) is 6.33. The first-order chi connectivity index (χ1) is 7.74. The Kier molecular flexibility index (Phi) is 8.68. The molecule has 0 aliphatic heterocycles. The van der Waals surface area contributed by atoms with E-state index in [1.165, 1.54) is 12.8 Å². The predicted molar refractivity (Wildman–Crippen MR) is 67.0 cm³/mol. The summed E-state index contributed by atoms with van der Waals surface area (Å²) in [4.78, 5) is 0. The fourth-order valence-corrected chi connectivity index (χ4v) is 1.14. The average Bonchev–Trinajstić information content (AvgIpc) is 2.76. The Morgan fingerprint density at radius 3 is 2.50 bits per heavy atom. The van der Waals surface area contributed by atoms with Gasteiger partial charge in [-0.2, -0.15) is 0 Å². The Hall–Kier alpha value is -0.990.